The molecule has 0 saturated heterocycles. The monoisotopic (exact) mass is 306 g/mol. The summed E-state index contributed by atoms with van der Waals surface area (Å²) in [5.74, 6) is -2.11. The van der Waals surface area contributed by atoms with E-state index in [9.17, 15) is 0 Å². The van der Waals surface area contributed by atoms with E-state index < -0.39 is 11.9 Å². The van der Waals surface area contributed by atoms with Gasteiger partial charge in [0.05, 0.1) is 0 Å². The van der Waals surface area contributed by atoms with Crippen molar-refractivity contribution in [2.75, 3.05) is 41.2 Å². The molecule has 0 unspecified atom stereocenters. The molecule has 0 spiro atoms. The van der Waals surface area contributed by atoms with Gasteiger partial charge in [0.15, 0.2) is 0 Å². The Hall–Kier alpha value is -0.760. The Labute approximate surface area is 128 Å². The summed E-state index contributed by atoms with van der Waals surface area (Å²) in [6.07, 6.45) is 2.97. The second-order valence-corrected chi connectivity index (χ2v) is 3.53. The largest absolute Gasteiger partial charge is 0.327 e. The fourth-order valence-electron chi connectivity index (χ4n) is 1.41. The van der Waals surface area contributed by atoms with E-state index in [0.717, 1.165) is 0 Å². The third-order valence-electron chi connectivity index (χ3n) is 2.39. The summed E-state index contributed by atoms with van der Waals surface area (Å²) in [5.41, 5.74) is 0. The molecule has 0 radical (unpaired) electrons. The predicted octanol–water partition coefficient (Wildman–Crippen LogP) is 2.70. The molecule has 0 amide bonds. The lowest BCUT2D eigenvalue weighted by atomic mass is 10.5. The quantitative estimate of drug-likeness (QED) is 0.432. The lowest BCUT2D eigenvalue weighted by Crippen LogP contribution is -2.37. The van der Waals surface area contributed by atoms with Crippen LogP contribution in [0.15, 0.2) is 25.3 Å². The summed E-state index contributed by atoms with van der Waals surface area (Å²) < 4.78 is 30.4. The van der Waals surface area contributed by atoms with Crippen LogP contribution >= 0.6 is 0 Å². The van der Waals surface area contributed by atoms with Crippen molar-refractivity contribution < 1.29 is 28.4 Å². The second-order valence-electron chi connectivity index (χ2n) is 3.53. The first-order valence-electron chi connectivity index (χ1n) is 6.83. The topological polar surface area (TPSA) is 55.4 Å². The molecule has 0 N–H and O–H groups in total. The van der Waals surface area contributed by atoms with Crippen molar-refractivity contribution in [1.29, 1.82) is 0 Å². The summed E-state index contributed by atoms with van der Waals surface area (Å²) in [4.78, 5) is 0. The molecule has 0 aromatic heterocycles. The van der Waals surface area contributed by atoms with E-state index in [1.807, 2.05) is 20.8 Å². The lowest BCUT2D eigenvalue weighted by molar-refractivity contribution is -0.345. The molecule has 21 heavy (non-hydrogen) atoms. The molecule has 0 fully saturated rings. The summed E-state index contributed by atoms with van der Waals surface area (Å²) in [6.45, 7) is 14.3. The predicted molar refractivity (Wildman–Crippen MR) is 81.8 cm³/mol. The Morgan fingerprint density at radius 2 is 0.952 bits per heavy atom. The number of hydrogen-bond acceptors (Lipinski definition) is 6. The van der Waals surface area contributed by atoms with E-state index in [0.29, 0.717) is 19.8 Å². The van der Waals surface area contributed by atoms with Crippen LogP contribution in [0.25, 0.3) is 0 Å². The van der Waals surface area contributed by atoms with Crippen molar-refractivity contribution in [2.45, 2.75) is 32.7 Å². The molecular formula is C15H30O6. The molecule has 0 saturated carbocycles. The Bertz CT molecular complexity index is 238. The van der Waals surface area contributed by atoms with Gasteiger partial charge in [-0.15, -0.1) is 0 Å². The first-order chi connectivity index (χ1) is 9.99. The van der Waals surface area contributed by atoms with Gasteiger partial charge in [0.2, 0.25) is 0 Å². The van der Waals surface area contributed by atoms with Gasteiger partial charge in [-0.3, -0.25) is 0 Å². The zero-order valence-electron chi connectivity index (χ0n) is 14.1. The van der Waals surface area contributed by atoms with E-state index in [4.69, 9.17) is 28.4 Å². The van der Waals surface area contributed by atoms with Gasteiger partial charge in [-0.05, 0) is 32.9 Å². The molecule has 0 bridgehead atoms. The van der Waals surface area contributed by atoms with Crippen molar-refractivity contribution in [3.05, 3.63) is 25.3 Å². The molecule has 0 aliphatic heterocycles. The third kappa shape index (κ3) is 8.31. The SMILES string of the molecule is C=CC(OC)(OC)OC.C=CC(OCC)(OCC)OCC. The normalized spacial score (nSPS) is 11.5. The van der Waals surface area contributed by atoms with Crippen LogP contribution in [0.5, 0.6) is 0 Å². The van der Waals surface area contributed by atoms with Crippen LogP contribution < -0.4 is 0 Å². The molecule has 0 aliphatic carbocycles. The standard InChI is InChI=1S/C9H18O3.C6H12O3/c1-5-9(10-6-2,11-7-3)12-8-4;1-5-6(7-2,8-3)9-4/h5H,1,6-8H2,2-4H3;5H,1H2,2-4H3. The minimum atomic E-state index is -1.07. The molecular weight excluding hydrogens is 276 g/mol. The number of rotatable bonds is 11. The van der Waals surface area contributed by atoms with Gasteiger partial charge in [-0.25, -0.2) is 0 Å². The summed E-state index contributed by atoms with van der Waals surface area (Å²) in [7, 11) is 4.44. The molecule has 0 aromatic rings. The number of ether oxygens (including phenoxy) is 6. The van der Waals surface area contributed by atoms with Crippen molar-refractivity contribution in [1.82, 2.24) is 0 Å². The van der Waals surface area contributed by atoms with Crippen molar-refractivity contribution >= 4 is 0 Å². The van der Waals surface area contributed by atoms with Crippen molar-refractivity contribution in [3.63, 3.8) is 0 Å². The highest BCUT2D eigenvalue weighted by molar-refractivity contribution is 4.81. The van der Waals surface area contributed by atoms with Crippen LogP contribution in [0.2, 0.25) is 0 Å². The third-order valence-corrected chi connectivity index (χ3v) is 2.39. The van der Waals surface area contributed by atoms with E-state index in [-0.39, 0.29) is 0 Å². The minimum Gasteiger partial charge on any atom is -0.327 e. The average molecular weight is 306 g/mol. The fraction of sp³-hybridized carbons (Fsp3) is 0.733. The zero-order chi connectivity index (χ0) is 16.8. The first-order valence-corrected chi connectivity index (χ1v) is 6.83. The first kappa shape index (κ1) is 22.5. The molecule has 6 nitrogen and oxygen atoms in total. The van der Waals surface area contributed by atoms with E-state index >= 15 is 0 Å². The van der Waals surface area contributed by atoms with Gasteiger partial charge in [-0.2, -0.15) is 0 Å². The van der Waals surface area contributed by atoms with Crippen LogP contribution in [0.3, 0.4) is 0 Å². The van der Waals surface area contributed by atoms with Crippen LogP contribution in [0.4, 0.5) is 0 Å². The number of methoxy groups -OCH3 is 3. The van der Waals surface area contributed by atoms with Gasteiger partial charge in [-0.1, -0.05) is 13.2 Å². The van der Waals surface area contributed by atoms with Crippen molar-refractivity contribution in [2.24, 2.45) is 0 Å². The maximum Gasteiger partial charge on any atom is 0.304 e. The molecule has 6 heteroatoms. The van der Waals surface area contributed by atoms with Crippen LogP contribution in [0, 0.1) is 0 Å². The molecule has 0 heterocycles. The summed E-state index contributed by atoms with van der Waals surface area (Å²) in [5, 5.41) is 0. The summed E-state index contributed by atoms with van der Waals surface area (Å²) >= 11 is 0. The van der Waals surface area contributed by atoms with Crippen LogP contribution in [-0.2, 0) is 28.4 Å². The van der Waals surface area contributed by atoms with Crippen LogP contribution in [0.1, 0.15) is 20.8 Å². The molecule has 0 aromatic carbocycles. The second kappa shape index (κ2) is 12.9. The molecule has 0 rings (SSSR count). The van der Waals surface area contributed by atoms with Gasteiger partial charge in [0.25, 0.3) is 0 Å². The van der Waals surface area contributed by atoms with Gasteiger partial charge < -0.3 is 28.4 Å². The van der Waals surface area contributed by atoms with E-state index in [1.54, 1.807) is 0 Å². The van der Waals surface area contributed by atoms with Gasteiger partial charge in [0, 0.05) is 41.2 Å². The highest BCUT2D eigenvalue weighted by atomic mass is 16.9. The molecule has 0 atom stereocenters. The van der Waals surface area contributed by atoms with Crippen molar-refractivity contribution in [3.8, 4) is 0 Å². The van der Waals surface area contributed by atoms with E-state index in [2.05, 4.69) is 13.2 Å². The lowest BCUT2D eigenvalue weighted by Gasteiger charge is -2.28. The Morgan fingerprint density at radius 1 is 0.667 bits per heavy atom. The fourth-order valence-corrected chi connectivity index (χ4v) is 1.41. The highest BCUT2D eigenvalue weighted by Crippen LogP contribution is 2.16. The van der Waals surface area contributed by atoms with Gasteiger partial charge >= 0.3 is 11.9 Å². The maximum atomic E-state index is 5.30. The smallest absolute Gasteiger partial charge is 0.304 e. The van der Waals surface area contributed by atoms with E-state index in [1.165, 1.54) is 33.5 Å². The highest BCUT2D eigenvalue weighted by Gasteiger charge is 2.27. The molecule has 126 valence electrons. The number of hydrogen-bond donors (Lipinski definition) is 0. The van der Waals surface area contributed by atoms with Gasteiger partial charge in [0.1, 0.15) is 0 Å². The molecule has 0 aliphatic rings. The Balaban J connectivity index is 0. The minimum absolute atomic E-state index is 0.534. The zero-order valence-corrected chi connectivity index (χ0v) is 14.1. The summed E-state index contributed by atoms with van der Waals surface area (Å²) in [6, 6.07) is 0. The Kier molecular flexibility index (Phi) is 13.9. The average Bonchev–Trinajstić information content (AvgIpc) is 2.51. The maximum absolute atomic E-state index is 5.30. The Morgan fingerprint density at radius 3 is 1.05 bits per heavy atom. The van der Waals surface area contributed by atoms with Crippen LogP contribution in [-0.4, -0.2) is 53.1 Å².